The molecule has 2 N–H and O–H groups in total. The highest BCUT2D eigenvalue weighted by molar-refractivity contribution is 6.06. The average Bonchev–Trinajstić information content (AvgIpc) is 2.27. The molecule has 0 bridgehead atoms. The van der Waals surface area contributed by atoms with E-state index in [0.29, 0.717) is 11.1 Å². The third kappa shape index (κ3) is 1.53. The molecule has 1 amide bonds. The van der Waals surface area contributed by atoms with Crippen molar-refractivity contribution >= 4 is 16.7 Å². The molecular formula is C12H8N2O. The number of amides is 1. The maximum Gasteiger partial charge on any atom is 0.249 e. The molecule has 0 radical (unpaired) electrons. The maximum absolute atomic E-state index is 11.2. The number of nitriles is 1. The summed E-state index contributed by atoms with van der Waals surface area (Å²) in [5.74, 6) is -0.511. The molecule has 0 spiro atoms. The van der Waals surface area contributed by atoms with Crippen molar-refractivity contribution in [1.29, 1.82) is 5.26 Å². The highest BCUT2D eigenvalue weighted by atomic mass is 16.1. The van der Waals surface area contributed by atoms with Crippen molar-refractivity contribution in [2.24, 2.45) is 5.73 Å². The molecule has 0 unspecified atom stereocenters. The van der Waals surface area contributed by atoms with Gasteiger partial charge in [-0.15, -0.1) is 0 Å². The summed E-state index contributed by atoms with van der Waals surface area (Å²) in [4.78, 5) is 11.2. The second-order valence-electron chi connectivity index (χ2n) is 3.22. The molecule has 0 aromatic heterocycles. The number of hydrogen-bond donors (Lipinski definition) is 1. The van der Waals surface area contributed by atoms with E-state index in [2.05, 4.69) is 0 Å². The Hall–Kier alpha value is -2.34. The van der Waals surface area contributed by atoms with Crippen LogP contribution in [-0.4, -0.2) is 5.91 Å². The van der Waals surface area contributed by atoms with Crippen LogP contribution in [-0.2, 0) is 0 Å². The van der Waals surface area contributed by atoms with Gasteiger partial charge in [0, 0.05) is 5.56 Å². The number of benzene rings is 2. The van der Waals surface area contributed by atoms with E-state index in [1.54, 1.807) is 6.07 Å². The fourth-order valence-electron chi connectivity index (χ4n) is 1.58. The van der Waals surface area contributed by atoms with E-state index in [0.717, 1.165) is 10.8 Å². The van der Waals surface area contributed by atoms with Gasteiger partial charge in [0.2, 0.25) is 5.91 Å². The summed E-state index contributed by atoms with van der Waals surface area (Å²) < 4.78 is 0. The Balaban J connectivity index is 2.88. The summed E-state index contributed by atoms with van der Waals surface area (Å²) in [7, 11) is 0. The van der Waals surface area contributed by atoms with Crippen LogP contribution in [0.5, 0.6) is 0 Å². The lowest BCUT2D eigenvalue weighted by molar-refractivity contribution is 0.100. The largest absolute Gasteiger partial charge is 0.366 e. The lowest BCUT2D eigenvalue weighted by atomic mass is 10.0. The topological polar surface area (TPSA) is 66.9 Å². The smallest absolute Gasteiger partial charge is 0.249 e. The minimum atomic E-state index is -0.511. The van der Waals surface area contributed by atoms with Crippen molar-refractivity contribution in [3.63, 3.8) is 0 Å². The van der Waals surface area contributed by atoms with Crippen LogP contribution in [0.15, 0.2) is 36.4 Å². The zero-order chi connectivity index (χ0) is 10.8. The van der Waals surface area contributed by atoms with Crippen LogP contribution in [0, 0.1) is 11.3 Å². The minimum absolute atomic E-state index is 0.393. The minimum Gasteiger partial charge on any atom is -0.366 e. The van der Waals surface area contributed by atoms with E-state index < -0.39 is 5.91 Å². The molecule has 72 valence electrons. The number of nitrogens with two attached hydrogens (primary N) is 1. The number of hydrogen-bond acceptors (Lipinski definition) is 2. The predicted molar refractivity (Wildman–Crippen MR) is 57.2 cm³/mol. The van der Waals surface area contributed by atoms with E-state index in [1.165, 1.54) is 6.07 Å². The molecule has 2 aromatic rings. The van der Waals surface area contributed by atoms with Crippen LogP contribution >= 0.6 is 0 Å². The van der Waals surface area contributed by atoms with Gasteiger partial charge < -0.3 is 5.73 Å². The number of rotatable bonds is 1. The first kappa shape index (κ1) is 9.22. The van der Waals surface area contributed by atoms with Crippen molar-refractivity contribution < 1.29 is 4.79 Å². The van der Waals surface area contributed by atoms with Gasteiger partial charge >= 0.3 is 0 Å². The van der Waals surface area contributed by atoms with Gasteiger partial charge in [0.1, 0.15) is 0 Å². The quantitative estimate of drug-likeness (QED) is 0.755. The molecule has 0 aliphatic carbocycles. The maximum atomic E-state index is 11.2. The van der Waals surface area contributed by atoms with Gasteiger partial charge in [-0.2, -0.15) is 5.26 Å². The summed E-state index contributed by atoms with van der Waals surface area (Å²) >= 11 is 0. The Kier molecular flexibility index (Phi) is 2.11. The Morgan fingerprint density at radius 2 is 2.00 bits per heavy atom. The molecule has 0 fully saturated rings. The number of carbonyl (C=O) groups is 1. The first-order valence-electron chi connectivity index (χ1n) is 4.45. The lowest BCUT2D eigenvalue weighted by Crippen LogP contribution is -2.11. The van der Waals surface area contributed by atoms with Crippen molar-refractivity contribution in [3.8, 4) is 6.07 Å². The summed E-state index contributed by atoms with van der Waals surface area (Å²) in [6.45, 7) is 0. The van der Waals surface area contributed by atoms with Crippen molar-refractivity contribution in [2.75, 3.05) is 0 Å². The summed E-state index contributed by atoms with van der Waals surface area (Å²) in [6.07, 6.45) is 0. The Labute approximate surface area is 86.7 Å². The van der Waals surface area contributed by atoms with Crippen LogP contribution in [0.25, 0.3) is 10.8 Å². The van der Waals surface area contributed by atoms with Crippen LogP contribution in [0.4, 0.5) is 0 Å². The fourth-order valence-corrected chi connectivity index (χ4v) is 1.58. The molecule has 0 aliphatic heterocycles. The lowest BCUT2D eigenvalue weighted by Gasteiger charge is -2.03. The Bertz CT molecular complexity index is 582. The average molecular weight is 196 g/mol. The third-order valence-corrected chi connectivity index (χ3v) is 2.26. The second kappa shape index (κ2) is 3.43. The molecule has 15 heavy (non-hydrogen) atoms. The molecule has 0 atom stereocenters. The standard InChI is InChI=1S/C12H8N2O/c13-7-8-5-9-3-1-2-4-10(9)11(6-8)12(14)15/h1-6H,(H2,14,15). The van der Waals surface area contributed by atoms with Crippen LogP contribution < -0.4 is 5.73 Å². The Morgan fingerprint density at radius 1 is 1.27 bits per heavy atom. The molecular weight excluding hydrogens is 188 g/mol. The number of fused-ring (bicyclic) bond motifs is 1. The fraction of sp³-hybridized carbons (Fsp3) is 0. The molecule has 0 aliphatic rings. The van der Waals surface area contributed by atoms with E-state index >= 15 is 0 Å². The predicted octanol–water partition coefficient (Wildman–Crippen LogP) is 1.81. The molecule has 0 heterocycles. The van der Waals surface area contributed by atoms with E-state index in [1.807, 2.05) is 30.3 Å². The van der Waals surface area contributed by atoms with Gasteiger partial charge in [-0.25, -0.2) is 0 Å². The number of nitrogens with zero attached hydrogens (tertiary/aromatic N) is 1. The van der Waals surface area contributed by atoms with Gasteiger partial charge in [0.15, 0.2) is 0 Å². The van der Waals surface area contributed by atoms with Gasteiger partial charge in [-0.05, 0) is 22.9 Å². The molecule has 3 heteroatoms. The van der Waals surface area contributed by atoms with Crippen LogP contribution in [0.2, 0.25) is 0 Å². The first-order chi connectivity index (χ1) is 7.22. The van der Waals surface area contributed by atoms with Crippen molar-refractivity contribution in [3.05, 3.63) is 47.5 Å². The highest BCUT2D eigenvalue weighted by Gasteiger charge is 2.07. The number of primary amides is 1. The number of carbonyl (C=O) groups excluding carboxylic acids is 1. The second-order valence-corrected chi connectivity index (χ2v) is 3.22. The van der Waals surface area contributed by atoms with Gasteiger partial charge in [-0.3, -0.25) is 4.79 Å². The van der Waals surface area contributed by atoms with Gasteiger partial charge in [0.25, 0.3) is 0 Å². The molecule has 0 saturated carbocycles. The summed E-state index contributed by atoms with van der Waals surface area (Å²) in [5.41, 5.74) is 6.10. The zero-order valence-corrected chi connectivity index (χ0v) is 7.90. The summed E-state index contributed by atoms with van der Waals surface area (Å²) in [5, 5.41) is 10.4. The van der Waals surface area contributed by atoms with Gasteiger partial charge in [-0.1, -0.05) is 24.3 Å². The normalized spacial score (nSPS) is 9.80. The molecule has 3 nitrogen and oxygen atoms in total. The van der Waals surface area contributed by atoms with E-state index in [-0.39, 0.29) is 0 Å². The molecule has 2 aromatic carbocycles. The van der Waals surface area contributed by atoms with E-state index in [9.17, 15) is 4.79 Å². The Morgan fingerprint density at radius 3 is 2.67 bits per heavy atom. The monoisotopic (exact) mass is 196 g/mol. The van der Waals surface area contributed by atoms with Crippen LogP contribution in [0.1, 0.15) is 15.9 Å². The molecule has 2 rings (SSSR count). The van der Waals surface area contributed by atoms with Crippen LogP contribution in [0.3, 0.4) is 0 Å². The molecule has 0 saturated heterocycles. The summed E-state index contributed by atoms with van der Waals surface area (Å²) in [6, 6.07) is 12.6. The van der Waals surface area contributed by atoms with E-state index in [4.69, 9.17) is 11.0 Å². The SMILES string of the molecule is N#Cc1cc(C(N)=O)c2ccccc2c1. The third-order valence-electron chi connectivity index (χ3n) is 2.26. The highest BCUT2D eigenvalue weighted by Crippen LogP contribution is 2.20. The van der Waals surface area contributed by atoms with Gasteiger partial charge in [0.05, 0.1) is 11.6 Å². The first-order valence-corrected chi connectivity index (χ1v) is 4.45. The zero-order valence-electron chi connectivity index (χ0n) is 7.90. The van der Waals surface area contributed by atoms with Crippen molar-refractivity contribution in [2.45, 2.75) is 0 Å². The van der Waals surface area contributed by atoms with Crippen molar-refractivity contribution in [1.82, 2.24) is 0 Å².